The molecule has 2 aromatic rings. The Morgan fingerprint density at radius 3 is 2.64 bits per heavy atom. The minimum atomic E-state index is -0.141. The SMILES string of the molecule is Cc1ccccc1C(CC(C)C)Nc1cnn(C)c(=O)c1Br. The first-order valence-corrected chi connectivity index (χ1v) is 8.23. The summed E-state index contributed by atoms with van der Waals surface area (Å²) in [6, 6.07) is 8.49. The number of hydrogen-bond donors (Lipinski definition) is 1. The minimum absolute atomic E-state index is 0.141. The van der Waals surface area contributed by atoms with E-state index in [4.69, 9.17) is 0 Å². The molecule has 0 aliphatic rings. The molecule has 118 valence electrons. The van der Waals surface area contributed by atoms with Crippen LogP contribution in [0.1, 0.15) is 37.4 Å². The van der Waals surface area contributed by atoms with Gasteiger partial charge >= 0.3 is 0 Å². The van der Waals surface area contributed by atoms with Gasteiger partial charge in [0.25, 0.3) is 5.56 Å². The first-order valence-electron chi connectivity index (χ1n) is 7.44. The van der Waals surface area contributed by atoms with Crippen LogP contribution in [-0.2, 0) is 7.05 Å². The summed E-state index contributed by atoms with van der Waals surface area (Å²) in [6.45, 7) is 6.51. The molecule has 0 spiro atoms. The van der Waals surface area contributed by atoms with Crippen molar-refractivity contribution in [1.29, 1.82) is 0 Å². The van der Waals surface area contributed by atoms with Crippen LogP contribution >= 0.6 is 15.9 Å². The highest BCUT2D eigenvalue weighted by molar-refractivity contribution is 9.10. The van der Waals surface area contributed by atoms with Gasteiger partial charge in [-0.05, 0) is 46.3 Å². The molecule has 0 saturated heterocycles. The molecule has 1 N–H and O–H groups in total. The highest BCUT2D eigenvalue weighted by atomic mass is 79.9. The molecule has 1 aromatic carbocycles. The van der Waals surface area contributed by atoms with E-state index in [9.17, 15) is 4.79 Å². The fraction of sp³-hybridized carbons (Fsp3) is 0.412. The van der Waals surface area contributed by atoms with Gasteiger partial charge < -0.3 is 5.32 Å². The van der Waals surface area contributed by atoms with E-state index in [0.717, 1.165) is 12.1 Å². The zero-order valence-corrected chi connectivity index (χ0v) is 15.0. The standard InChI is InChI=1S/C17H22BrN3O/c1-11(2)9-14(13-8-6-5-7-12(13)3)20-15-10-19-21(4)17(22)16(15)18/h5-8,10-11,14,20H,9H2,1-4H3. The van der Waals surface area contributed by atoms with Crippen LogP contribution in [0, 0.1) is 12.8 Å². The number of hydrogen-bond acceptors (Lipinski definition) is 3. The zero-order valence-electron chi connectivity index (χ0n) is 13.4. The van der Waals surface area contributed by atoms with Crippen LogP contribution in [0.5, 0.6) is 0 Å². The van der Waals surface area contributed by atoms with Gasteiger partial charge in [0, 0.05) is 7.05 Å². The molecule has 0 aliphatic heterocycles. The maximum absolute atomic E-state index is 12.0. The summed E-state index contributed by atoms with van der Waals surface area (Å²) in [5.41, 5.74) is 3.09. The summed E-state index contributed by atoms with van der Waals surface area (Å²) in [5.74, 6) is 0.537. The molecule has 0 aliphatic carbocycles. The number of rotatable bonds is 5. The Morgan fingerprint density at radius 2 is 2.00 bits per heavy atom. The molecule has 1 heterocycles. The van der Waals surface area contributed by atoms with Crippen LogP contribution in [0.2, 0.25) is 0 Å². The Kier molecular flexibility index (Phi) is 5.40. The van der Waals surface area contributed by atoms with E-state index in [0.29, 0.717) is 10.4 Å². The lowest BCUT2D eigenvalue weighted by Crippen LogP contribution is -2.23. The largest absolute Gasteiger partial charge is 0.376 e. The fourth-order valence-corrected chi connectivity index (χ4v) is 2.99. The molecule has 0 fully saturated rings. The van der Waals surface area contributed by atoms with Crippen molar-refractivity contribution in [2.75, 3.05) is 5.32 Å². The number of nitrogens with zero attached hydrogens (tertiary/aromatic N) is 2. The molecular formula is C17H22BrN3O. The predicted molar refractivity (Wildman–Crippen MR) is 94.2 cm³/mol. The van der Waals surface area contributed by atoms with Gasteiger partial charge in [-0.15, -0.1) is 0 Å². The summed E-state index contributed by atoms with van der Waals surface area (Å²) >= 11 is 3.38. The predicted octanol–water partition coefficient (Wildman–Crippen LogP) is 4.05. The van der Waals surface area contributed by atoms with Crippen molar-refractivity contribution < 1.29 is 0 Å². The zero-order chi connectivity index (χ0) is 16.3. The van der Waals surface area contributed by atoms with Gasteiger partial charge in [0.05, 0.1) is 17.9 Å². The van der Waals surface area contributed by atoms with Gasteiger partial charge in [0.2, 0.25) is 0 Å². The van der Waals surface area contributed by atoms with Crippen molar-refractivity contribution in [2.24, 2.45) is 13.0 Å². The summed E-state index contributed by atoms with van der Waals surface area (Å²) < 4.78 is 1.84. The van der Waals surface area contributed by atoms with Gasteiger partial charge in [-0.3, -0.25) is 4.79 Å². The van der Waals surface area contributed by atoms with Crippen molar-refractivity contribution >= 4 is 21.6 Å². The Balaban J connectivity index is 2.38. The molecule has 0 amide bonds. The van der Waals surface area contributed by atoms with E-state index in [1.807, 2.05) is 6.07 Å². The Bertz CT molecular complexity index is 709. The second-order valence-electron chi connectivity index (χ2n) is 5.98. The van der Waals surface area contributed by atoms with E-state index < -0.39 is 0 Å². The van der Waals surface area contributed by atoms with Crippen molar-refractivity contribution in [3.63, 3.8) is 0 Å². The minimum Gasteiger partial charge on any atom is -0.376 e. The monoisotopic (exact) mass is 363 g/mol. The highest BCUT2D eigenvalue weighted by Gasteiger charge is 2.17. The molecule has 2 rings (SSSR count). The van der Waals surface area contributed by atoms with Gasteiger partial charge in [0.15, 0.2) is 0 Å². The Hall–Kier alpha value is -1.62. The first kappa shape index (κ1) is 16.7. The molecule has 1 aromatic heterocycles. The molecule has 0 radical (unpaired) electrons. The van der Waals surface area contributed by atoms with Crippen LogP contribution in [-0.4, -0.2) is 9.78 Å². The van der Waals surface area contributed by atoms with E-state index in [1.165, 1.54) is 15.8 Å². The summed E-state index contributed by atoms with van der Waals surface area (Å²) in [4.78, 5) is 12.0. The number of aryl methyl sites for hydroxylation is 2. The molecule has 0 saturated carbocycles. The average molecular weight is 364 g/mol. The normalized spacial score (nSPS) is 12.5. The smallest absolute Gasteiger partial charge is 0.282 e. The second-order valence-corrected chi connectivity index (χ2v) is 6.78. The van der Waals surface area contributed by atoms with Crippen molar-refractivity contribution in [3.05, 3.63) is 56.4 Å². The lowest BCUT2D eigenvalue weighted by Gasteiger charge is -2.24. The van der Waals surface area contributed by atoms with Crippen molar-refractivity contribution in [3.8, 4) is 0 Å². The molecular weight excluding hydrogens is 342 g/mol. The fourth-order valence-electron chi connectivity index (χ4n) is 2.51. The number of anilines is 1. The van der Waals surface area contributed by atoms with Crippen molar-refractivity contribution in [1.82, 2.24) is 9.78 Å². The van der Waals surface area contributed by atoms with Crippen LogP contribution < -0.4 is 10.9 Å². The lowest BCUT2D eigenvalue weighted by molar-refractivity contribution is 0.529. The summed E-state index contributed by atoms with van der Waals surface area (Å²) in [5, 5.41) is 7.58. The Morgan fingerprint density at radius 1 is 1.32 bits per heavy atom. The first-order chi connectivity index (χ1) is 10.4. The summed E-state index contributed by atoms with van der Waals surface area (Å²) in [7, 11) is 1.64. The van der Waals surface area contributed by atoms with Crippen LogP contribution in [0.25, 0.3) is 0 Å². The number of aromatic nitrogens is 2. The van der Waals surface area contributed by atoms with Crippen LogP contribution in [0.4, 0.5) is 5.69 Å². The number of nitrogens with one attached hydrogen (secondary N) is 1. The van der Waals surface area contributed by atoms with E-state index in [1.54, 1.807) is 13.2 Å². The quantitative estimate of drug-likeness (QED) is 0.871. The maximum Gasteiger partial charge on any atom is 0.282 e. The van der Waals surface area contributed by atoms with Crippen LogP contribution in [0.3, 0.4) is 0 Å². The molecule has 0 bridgehead atoms. The molecule has 1 unspecified atom stereocenters. The van der Waals surface area contributed by atoms with Gasteiger partial charge in [-0.1, -0.05) is 38.1 Å². The van der Waals surface area contributed by atoms with E-state index in [-0.39, 0.29) is 11.6 Å². The third kappa shape index (κ3) is 3.77. The molecule has 22 heavy (non-hydrogen) atoms. The molecule has 4 nitrogen and oxygen atoms in total. The van der Waals surface area contributed by atoms with Gasteiger partial charge in [0.1, 0.15) is 4.47 Å². The van der Waals surface area contributed by atoms with Crippen molar-refractivity contribution in [2.45, 2.75) is 33.2 Å². The highest BCUT2D eigenvalue weighted by Crippen LogP contribution is 2.29. The Labute approximate surface area is 139 Å². The lowest BCUT2D eigenvalue weighted by atomic mass is 9.94. The molecule has 1 atom stereocenters. The maximum atomic E-state index is 12.0. The third-order valence-corrected chi connectivity index (χ3v) is 4.45. The number of benzene rings is 1. The average Bonchev–Trinajstić information content (AvgIpc) is 2.47. The summed E-state index contributed by atoms with van der Waals surface area (Å²) in [6.07, 6.45) is 2.67. The number of halogens is 1. The van der Waals surface area contributed by atoms with E-state index >= 15 is 0 Å². The molecule has 5 heteroatoms. The third-order valence-electron chi connectivity index (χ3n) is 3.68. The van der Waals surface area contributed by atoms with Crippen LogP contribution in [0.15, 0.2) is 39.7 Å². The topological polar surface area (TPSA) is 46.9 Å². The van der Waals surface area contributed by atoms with Gasteiger partial charge in [-0.25, -0.2) is 4.68 Å². The second kappa shape index (κ2) is 7.09. The van der Waals surface area contributed by atoms with E-state index in [2.05, 4.69) is 65.3 Å². The van der Waals surface area contributed by atoms with Gasteiger partial charge in [-0.2, -0.15) is 5.10 Å².